The number of alkyl halides is 2. The Labute approximate surface area is 212 Å². The van der Waals surface area contributed by atoms with Crippen molar-refractivity contribution in [2.75, 3.05) is 16.8 Å². The van der Waals surface area contributed by atoms with Gasteiger partial charge in [0.15, 0.2) is 0 Å². The Kier molecular flexibility index (Phi) is 6.51. The lowest BCUT2D eigenvalue weighted by molar-refractivity contribution is 0.0253. The molecule has 12 heteroatoms. The first-order chi connectivity index (χ1) is 17.5. The van der Waals surface area contributed by atoms with Gasteiger partial charge in [0.2, 0.25) is 0 Å². The van der Waals surface area contributed by atoms with E-state index < -0.39 is 44.7 Å². The second kappa shape index (κ2) is 9.39. The molecule has 3 aromatic rings. The molecule has 0 bridgehead atoms. The first-order valence-corrected chi connectivity index (χ1v) is 14.0. The van der Waals surface area contributed by atoms with Crippen molar-refractivity contribution in [2.45, 2.75) is 56.7 Å². The highest BCUT2D eigenvalue weighted by Crippen LogP contribution is 2.37. The highest BCUT2D eigenvalue weighted by atomic mass is 32.2. The summed E-state index contributed by atoms with van der Waals surface area (Å²) < 4.78 is 60.0. The molecule has 2 fully saturated rings. The number of aryl methyl sites for hydroxylation is 1. The van der Waals surface area contributed by atoms with E-state index in [1.165, 1.54) is 36.1 Å². The van der Waals surface area contributed by atoms with Crippen LogP contribution in [0.15, 0.2) is 39.8 Å². The van der Waals surface area contributed by atoms with Gasteiger partial charge in [-0.3, -0.25) is 9.36 Å². The van der Waals surface area contributed by atoms with Crippen LogP contribution in [0.25, 0.3) is 11.0 Å². The van der Waals surface area contributed by atoms with Crippen LogP contribution in [0.4, 0.5) is 19.0 Å². The van der Waals surface area contributed by atoms with Crippen LogP contribution >= 0.6 is 0 Å². The number of nitrogens with one attached hydrogen (secondary N) is 1. The minimum atomic E-state index is -2.95. The van der Waals surface area contributed by atoms with E-state index in [1.54, 1.807) is 6.92 Å². The first kappa shape index (κ1) is 25.7. The summed E-state index contributed by atoms with van der Waals surface area (Å²) in [4.78, 5) is 21.7. The number of nitrogens with zero attached hydrogens (tertiary/aromatic N) is 4. The summed E-state index contributed by atoms with van der Waals surface area (Å²) in [5, 5.41) is 14.9. The van der Waals surface area contributed by atoms with Crippen LogP contribution in [-0.2, 0) is 22.4 Å². The van der Waals surface area contributed by atoms with Crippen LogP contribution in [0.1, 0.15) is 61.8 Å². The number of fused-ring (bicyclic) bond motifs is 1. The predicted molar refractivity (Wildman–Crippen MR) is 135 cm³/mol. The number of aromatic nitrogens is 3. The lowest BCUT2D eigenvalue weighted by atomic mass is 9.88. The highest BCUT2D eigenvalue weighted by Gasteiger charge is 2.39. The summed E-state index contributed by atoms with van der Waals surface area (Å²) >= 11 is 0. The minimum absolute atomic E-state index is 0.0367. The number of aliphatic hydroxyl groups is 1. The monoisotopic (exact) mass is 535 g/mol. The van der Waals surface area contributed by atoms with E-state index in [2.05, 4.69) is 19.6 Å². The van der Waals surface area contributed by atoms with Gasteiger partial charge in [-0.1, -0.05) is 18.2 Å². The third kappa shape index (κ3) is 4.84. The van der Waals surface area contributed by atoms with Crippen molar-refractivity contribution in [1.82, 2.24) is 14.5 Å². The zero-order valence-electron chi connectivity index (χ0n) is 20.5. The molecule has 0 amide bonds. The zero-order chi connectivity index (χ0) is 26.5. The third-order valence-electron chi connectivity index (χ3n) is 7.18. The molecule has 2 aliphatic rings. The lowest BCUT2D eigenvalue weighted by Gasteiger charge is -2.33. The molecule has 1 saturated carbocycles. The normalized spacial score (nSPS) is 24.8. The van der Waals surface area contributed by atoms with Gasteiger partial charge in [0.25, 0.3) is 12.0 Å². The van der Waals surface area contributed by atoms with Crippen molar-refractivity contribution in [3.8, 4) is 0 Å². The number of hydrogen-bond acceptors (Lipinski definition) is 7. The number of benzene rings is 1. The van der Waals surface area contributed by atoms with Gasteiger partial charge < -0.3 is 10.4 Å². The average molecular weight is 536 g/mol. The van der Waals surface area contributed by atoms with Gasteiger partial charge in [-0.25, -0.2) is 31.7 Å². The average Bonchev–Trinajstić information content (AvgIpc) is 3.67. The van der Waals surface area contributed by atoms with E-state index in [0.29, 0.717) is 5.39 Å². The van der Waals surface area contributed by atoms with E-state index in [1.807, 2.05) is 0 Å². The Morgan fingerprint density at radius 1 is 1.22 bits per heavy atom. The molecule has 8 nitrogen and oxygen atoms in total. The second-order valence-corrected chi connectivity index (χ2v) is 12.4. The van der Waals surface area contributed by atoms with E-state index in [4.69, 9.17) is 0 Å². The Balaban J connectivity index is 1.52. The van der Waals surface area contributed by atoms with Crippen molar-refractivity contribution in [1.29, 1.82) is 0 Å². The van der Waals surface area contributed by atoms with Gasteiger partial charge in [-0.15, -0.1) is 0 Å². The van der Waals surface area contributed by atoms with Crippen molar-refractivity contribution >= 4 is 26.6 Å². The Hall–Kier alpha value is -2.99. The molecule has 0 radical (unpaired) electrons. The maximum absolute atomic E-state index is 14.7. The van der Waals surface area contributed by atoms with Gasteiger partial charge in [0, 0.05) is 39.4 Å². The van der Waals surface area contributed by atoms with Gasteiger partial charge in [-0.05, 0) is 38.7 Å². The maximum Gasteiger partial charge on any atom is 0.266 e. The topological polar surface area (TPSA) is 109 Å². The minimum Gasteiger partial charge on any atom is -0.385 e. The molecular weight excluding hydrogens is 507 g/mol. The second-order valence-electron chi connectivity index (χ2n) is 9.85. The molecule has 1 aromatic carbocycles. The molecule has 1 saturated heterocycles. The van der Waals surface area contributed by atoms with Crippen LogP contribution in [0.3, 0.4) is 0 Å². The molecule has 0 unspecified atom stereocenters. The summed E-state index contributed by atoms with van der Waals surface area (Å²) in [5.74, 6) is -0.341. The van der Waals surface area contributed by atoms with Crippen molar-refractivity contribution in [2.24, 2.45) is 11.4 Å². The molecule has 2 aromatic heterocycles. The van der Waals surface area contributed by atoms with Gasteiger partial charge in [0.05, 0.1) is 28.6 Å². The smallest absolute Gasteiger partial charge is 0.266 e. The Bertz CT molecular complexity index is 1530. The maximum atomic E-state index is 14.7. The Morgan fingerprint density at radius 2 is 1.89 bits per heavy atom. The SMILES string of the molecule is C[C@@H](Nc1ncnc2c1cc(C1(O)CCS(=O)(=NC3CC3)CC1)c(=O)n2C)c1cccc(C(F)F)c1F. The molecule has 0 spiro atoms. The lowest BCUT2D eigenvalue weighted by Crippen LogP contribution is -2.42. The first-order valence-electron chi connectivity index (χ1n) is 12.1. The fraction of sp³-hybridized carbons (Fsp3) is 0.480. The predicted octanol–water partition coefficient (Wildman–Crippen LogP) is 4.19. The van der Waals surface area contributed by atoms with Crippen LogP contribution in [-0.4, -0.2) is 41.4 Å². The molecule has 1 aliphatic carbocycles. The summed E-state index contributed by atoms with van der Waals surface area (Å²) in [5.41, 5.74) is -2.17. The molecule has 1 aliphatic heterocycles. The highest BCUT2D eigenvalue weighted by molar-refractivity contribution is 7.93. The van der Waals surface area contributed by atoms with Crippen molar-refractivity contribution in [3.05, 3.63) is 63.5 Å². The van der Waals surface area contributed by atoms with Crippen LogP contribution in [0, 0.1) is 5.82 Å². The van der Waals surface area contributed by atoms with Gasteiger partial charge in [-0.2, -0.15) is 0 Å². The number of hydrogen-bond donors (Lipinski definition) is 2. The van der Waals surface area contributed by atoms with E-state index in [-0.39, 0.29) is 53.0 Å². The fourth-order valence-corrected chi connectivity index (χ4v) is 7.26. The molecule has 37 heavy (non-hydrogen) atoms. The standard InChI is InChI=1S/C25H28F3N5O3S/c1-14(16-4-3-5-17(20(16)26)21(27)28)31-22-18-12-19(24(34)33(2)23(18)30-13-29-22)25(35)8-10-37(36,11-9-25)32-15-6-7-15/h3-5,12-15,21,35H,6-11H2,1-2H3,(H,29,30,31)/t14-,25?,37?/m1/s1. The van der Waals surface area contributed by atoms with E-state index in [0.717, 1.165) is 18.9 Å². The molecule has 2 N–H and O–H groups in total. The molecule has 198 valence electrons. The van der Waals surface area contributed by atoms with E-state index in [9.17, 15) is 27.3 Å². The summed E-state index contributed by atoms with van der Waals surface area (Å²) in [6.45, 7) is 1.61. The molecule has 1 atom stereocenters. The molecule has 3 heterocycles. The van der Waals surface area contributed by atoms with Crippen molar-refractivity contribution < 1.29 is 22.5 Å². The van der Waals surface area contributed by atoms with E-state index >= 15 is 0 Å². The third-order valence-corrected chi connectivity index (χ3v) is 9.54. The largest absolute Gasteiger partial charge is 0.385 e. The zero-order valence-corrected chi connectivity index (χ0v) is 21.3. The summed E-state index contributed by atoms with van der Waals surface area (Å²) in [6.07, 6.45) is 0.426. The number of anilines is 1. The van der Waals surface area contributed by atoms with Crippen LogP contribution in [0.5, 0.6) is 0 Å². The van der Waals surface area contributed by atoms with Crippen LogP contribution in [0.2, 0.25) is 0 Å². The van der Waals surface area contributed by atoms with Crippen molar-refractivity contribution in [3.63, 3.8) is 0 Å². The fourth-order valence-electron chi connectivity index (χ4n) is 4.78. The van der Waals surface area contributed by atoms with Gasteiger partial charge in [0.1, 0.15) is 23.6 Å². The number of pyridine rings is 1. The summed E-state index contributed by atoms with van der Waals surface area (Å²) in [7, 11) is -0.884. The number of halogens is 3. The quantitative estimate of drug-likeness (QED) is 0.490. The Morgan fingerprint density at radius 3 is 2.54 bits per heavy atom. The van der Waals surface area contributed by atoms with Crippen LogP contribution < -0.4 is 10.9 Å². The summed E-state index contributed by atoms with van der Waals surface area (Å²) in [6, 6.07) is 4.74. The number of rotatable bonds is 6. The van der Waals surface area contributed by atoms with Gasteiger partial charge >= 0.3 is 0 Å². The molecule has 5 rings (SSSR count). The molecular formula is C25H28F3N5O3S.